The largest absolute Gasteiger partial charge is 0.463 e. The average Bonchev–Trinajstić information content (AvgIpc) is 2.95. The molecule has 0 radical (unpaired) electrons. The van der Waals surface area contributed by atoms with E-state index in [-0.39, 0.29) is 18.1 Å². The van der Waals surface area contributed by atoms with Crippen molar-refractivity contribution in [2.75, 3.05) is 6.61 Å². The van der Waals surface area contributed by atoms with Crippen molar-refractivity contribution in [1.29, 1.82) is 0 Å². The summed E-state index contributed by atoms with van der Waals surface area (Å²) in [5, 5.41) is 0.194. The first kappa shape index (κ1) is 22.5. The molecule has 0 aliphatic carbocycles. The Morgan fingerprint density at radius 1 is 1.07 bits per heavy atom. The van der Waals surface area contributed by atoms with Gasteiger partial charge in [-0.2, -0.15) is 13.2 Å². The van der Waals surface area contributed by atoms with Gasteiger partial charge in [0.1, 0.15) is 24.2 Å². The summed E-state index contributed by atoms with van der Waals surface area (Å²) in [7, 11) is 0. The van der Waals surface area contributed by atoms with Gasteiger partial charge in [-0.05, 0) is 0 Å². The summed E-state index contributed by atoms with van der Waals surface area (Å²) in [6.45, 7) is 3.18. The van der Waals surface area contributed by atoms with E-state index in [1.54, 1.807) is 0 Å². The summed E-state index contributed by atoms with van der Waals surface area (Å²) in [5.74, 6) is -1.97. The highest BCUT2D eigenvalue weighted by Gasteiger charge is 2.53. The summed E-state index contributed by atoms with van der Waals surface area (Å²) >= 11 is 0.981. The van der Waals surface area contributed by atoms with Crippen molar-refractivity contribution < 1.29 is 46.5 Å². The number of rotatable bonds is 6. The third-order valence-corrected chi connectivity index (χ3v) is 5.04. The first-order chi connectivity index (χ1) is 13.0. The van der Waals surface area contributed by atoms with Crippen LogP contribution in [0.2, 0.25) is 0 Å². The van der Waals surface area contributed by atoms with Gasteiger partial charge in [0.2, 0.25) is 0 Å². The fourth-order valence-electron chi connectivity index (χ4n) is 2.82. The van der Waals surface area contributed by atoms with Crippen molar-refractivity contribution in [3.63, 3.8) is 0 Å². The van der Waals surface area contributed by atoms with Gasteiger partial charge in [0.05, 0.1) is 5.04 Å². The molecule has 1 unspecified atom stereocenters. The fourth-order valence-corrected chi connectivity index (χ4v) is 4.05. The average molecular weight is 427 g/mol. The molecule has 0 aromatic rings. The standard InChI is InChI=1S/C16H20F3NO7S/c1-7(21)24-6-10-13(25-8(2)22)14(26-9(3)23)12-15(27-10)28-11(20-12)4-5-16(17,18)19/h10,12-15H,4-6H2,1-3H3/t10-,12?,13-,14-,15+/m1/s1. The maximum Gasteiger partial charge on any atom is 0.389 e. The minimum atomic E-state index is -4.34. The van der Waals surface area contributed by atoms with Crippen LogP contribution in [0.3, 0.4) is 0 Å². The summed E-state index contributed by atoms with van der Waals surface area (Å²) in [6, 6.07) is -0.852. The highest BCUT2D eigenvalue weighted by molar-refractivity contribution is 8.14. The summed E-state index contributed by atoms with van der Waals surface area (Å²) in [6.07, 6.45) is -8.93. The highest BCUT2D eigenvalue weighted by Crippen LogP contribution is 2.40. The van der Waals surface area contributed by atoms with Gasteiger partial charge in [-0.25, -0.2) is 0 Å². The van der Waals surface area contributed by atoms with Gasteiger partial charge in [0.25, 0.3) is 0 Å². The van der Waals surface area contributed by atoms with Gasteiger partial charge in [-0.3, -0.25) is 19.4 Å². The molecule has 2 rings (SSSR count). The number of thioether (sulfide) groups is 1. The lowest BCUT2D eigenvalue weighted by Gasteiger charge is -2.41. The Bertz CT molecular complexity index is 655. The minimum Gasteiger partial charge on any atom is -0.463 e. The van der Waals surface area contributed by atoms with E-state index < -0.39 is 60.3 Å². The van der Waals surface area contributed by atoms with Crippen LogP contribution in [0.15, 0.2) is 4.99 Å². The molecular weight excluding hydrogens is 407 g/mol. The van der Waals surface area contributed by atoms with Crippen LogP contribution in [0.1, 0.15) is 33.6 Å². The molecular formula is C16H20F3NO7S. The quantitative estimate of drug-likeness (QED) is 0.469. The normalized spacial score (nSPS) is 29.5. The van der Waals surface area contributed by atoms with Gasteiger partial charge >= 0.3 is 24.1 Å². The molecule has 0 N–H and O–H groups in total. The number of alkyl halides is 3. The van der Waals surface area contributed by atoms with E-state index in [4.69, 9.17) is 18.9 Å². The molecule has 0 saturated carbocycles. The number of hydrogen-bond donors (Lipinski definition) is 0. The van der Waals surface area contributed by atoms with Crippen molar-refractivity contribution in [1.82, 2.24) is 0 Å². The Kier molecular flexibility index (Phi) is 7.32. The van der Waals surface area contributed by atoms with Gasteiger partial charge in [0.15, 0.2) is 12.2 Å². The zero-order valence-corrected chi connectivity index (χ0v) is 16.2. The molecule has 0 aromatic heterocycles. The lowest BCUT2D eigenvalue weighted by atomic mass is 9.97. The summed E-state index contributed by atoms with van der Waals surface area (Å²) in [4.78, 5) is 38.4. The molecule has 0 amide bonds. The van der Waals surface area contributed by atoms with E-state index >= 15 is 0 Å². The number of fused-ring (bicyclic) bond motifs is 1. The van der Waals surface area contributed by atoms with Crippen LogP contribution in [0.25, 0.3) is 0 Å². The Labute approximate surface area is 163 Å². The number of esters is 3. The van der Waals surface area contributed by atoms with E-state index in [1.807, 2.05) is 0 Å². The molecule has 5 atom stereocenters. The molecule has 158 valence electrons. The molecule has 1 saturated heterocycles. The van der Waals surface area contributed by atoms with E-state index in [9.17, 15) is 27.6 Å². The van der Waals surface area contributed by atoms with Gasteiger partial charge in [-0.15, -0.1) is 0 Å². The number of ether oxygens (including phenoxy) is 4. The predicted octanol–water partition coefficient (Wildman–Crippen LogP) is 1.99. The molecule has 12 heteroatoms. The number of hydrogen-bond acceptors (Lipinski definition) is 9. The fraction of sp³-hybridized carbons (Fsp3) is 0.750. The Balaban J connectivity index is 2.24. The molecule has 2 heterocycles. The second-order valence-electron chi connectivity index (χ2n) is 6.24. The van der Waals surface area contributed by atoms with Crippen LogP contribution in [0, 0.1) is 0 Å². The molecule has 0 spiro atoms. The van der Waals surface area contributed by atoms with Crippen molar-refractivity contribution in [3.05, 3.63) is 0 Å². The topological polar surface area (TPSA) is 100 Å². The maximum atomic E-state index is 12.5. The second kappa shape index (κ2) is 9.12. The lowest BCUT2D eigenvalue weighted by molar-refractivity contribution is -0.208. The van der Waals surface area contributed by atoms with E-state index in [1.165, 1.54) is 6.92 Å². The van der Waals surface area contributed by atoms with Crippen molar-refractivity contribution >= 4 is 34.7 Å². The minimum absolute atomic E-state index is 0.194. The number of halogens is 3. The van der Waals surface area contributed by atoms with E-state index in [0.29, 0.717) is 0 Å². The smallest absolute Gasteiger partial charge is 0.389 e. The second-order valence-corrected chi connectivity index (χ2v) is 7.41. The third-order valence-electron chi connectivity index (χ3n) is 3.84. The summed E-state index contributed by atoms with van der Waals surface area (Å²) < 4.78 is 58.7. The van der Waals surface area contributed by atoms with Crippen molar-refractivity contribution in [3.8, 4) is 0 Å². The molecule has 1 fully saturated rings. The van der Waals surface area contributed by atoms with Crippen LogP contribution < -0.4 is 0 Å². The van der Waals surface area contributed by atoms with Gasteiger partial charge in [-0.1, -0.05) is 11.8 Å². The number of aliphatic imine (C=N–C) groups is 1. The SMILES string of the molecule is CC(=O)OC[C@H]1O[C@H]2SC(CCC(F)(F)F)=NC2[C@@H](OC(C)=O)[C@@H]1OC(C)=O. The Morgan fingerprint density at radius 2 is 1.68 bits per heavy atom. The van der Waals surface area contributed by atoms with Crippen molar-refractivity contribution in [2.45, 2.75) is 69.6 Å². The third kappa shape index (κ3) is 6.36. The molecule has 28 heavy (non-hydrogen) atoms. The van der Waals surface area contributed by atoms with Crippen LogP contribution in [-0.4, -0.2) is 65.5 Å². The van der Waals surface area contributed by atoms with E-state index in [0.717, 1.165) is 25.6 Å². The maximum absolute atomic E-state index is 12.5. The number of carbonyl (C=O) groups is 3. The van der Waals surface area contributed by atoms with Gasteiger partial charge < -0.3 is 18.9 Å². The zero-order valence-electron chi connectivity index (χ0n) is 15.4. The zero-order chi connectivity index (χ0) is 21.1. The van der Waals surface area contributed by atoms with E-state index in [2.05, 4.69) is 4.99 Å². The highest BCUT2D eigenvalue weighted by atomic mass is 32.2. The van der Waals surface area contributed by atoms with Crippen LogP contribution in [0.4, 0.5) is 13.2 Å². The lowest BCUT2D eigenvalue weighted by Crippen LogP contribution is -2.59. The van der Waals surface area contributed by atoms with Gasteiger partial charge in [0, 0.05) is 33.6 Å². The van der Waals surface area contributed by atoms with Crippen LogP contribution in [0.5, 0.6) is 0 Å². The first-order valence-electron chi connectivity index (χ1n) is 8.39. The number of carbonyl (C=O) groups excluding carboxylic acids is 3. The van der Waals surface area contributed by atoms with Crippen LogP contribution in [-0.2, 0) is 33.3 Å². The molecule has 0 bridgehead atoms. The Morgan fingerprint density at radius 3 is 2.21 bits per heavy atom. The predicted molar refractivity (Wildman–Crippen MR) is 90.5 cm³/mol. The first-order valence-corrected chi connectivity index (χ1v) is 9.27. The molecule has 2 aliphatic rings. The molecule has 2 aliphatic heterocycles. The Hall–Kier alpha value is -1.82. The number of nitrogens with zero attached hydrogens (tertiary/aromatic N) is 1. The summed E-state index contributed by atoms with van der Waals surface area (Å²) in [5.41, 5.74) is -0.764. The molecule has 8 nitrogen and oxygen atoms in total. The molecule has 0 aromatic carbocycles. The monoisotopic (exact) mass is 427 g/mol. The van der Waals surface area contributed by atoms with Crippen LogP contribution >= 0.6 is 11.8 Å². The van der Waals surface area contributed by atoms with Crippen molar-refractivity contribution in [2.24, 2.45) is 4.99 Å².